The van der Waals surface area contributed by atoms with Crippen molar-refractivity contribution in [1.29, 1.82) is 0 Å². The van der Waals surface area contributed by atoms with Gasteiger partial charge in [0.2, 0.25) is 0 Å². The normalized spacial score (nSPS) is 11.7. The van der Waals surface area contributed by atoms with Crippen LogP contribution in [0.3, 0.4) is 0 Å². The molecule has 4 rings (SSSR count). The Balaban J connectivity index is 1.80. The number of nitrogens with zero attached hydrogens (tertiary/aromatic N) is 1. The summed E-state index contributed by atoms with van der Waals surface area (Å²) in [6.07, 6.45) is 1.75. The Morgan fingerprint density at radius 2 is 1.72 bits per heavy atom. The van der Waals surface area contributed by atoms with Crippen molar-refractivity contribution in [1.82, 2.24) is 10.3 Å². The second kappa shape index (κ2) is 8.99. The molecule has 3 aromatic carbocycles. The molecule has 0 radical (unpaired) electrons. The van der Waals surface area contributed by atoms with Gasteiger partial charge in [-0.1, -0.05) is 35.3 Å². The molecule has 0 aliphatic rings. The molecule has 164 valence electrons. The first-order valence-corrected chi connectivity index (χ1v) is 11.1. The number of phenolic OH excluding ortho intramolecular Hbond substituents is 1. The minimum absolute atomic E-state index is 0.0906. The lowest BCUT2D eigenvalue weighted by Gasteiger charge is -2.22. The highest BCUT2D eigenvalue weighted by Gasteiger charge is 2.16. The van der Waals surface area contributed by atoms with E-state index in [0.29, 0.717) is 22.2 Å². The van der Waals surface area contributed by atoms with Gasteiger partial charge in [-0.3, -0.25) is 4.98 Å². The number of pyridine rings is 1. The number of nitrogens with one attached hydrogen (secondary N) is 2. The zero-order chi connectivity index (χ0) is 22.9. The molecule has 0 spiro atoms. The maximum Gasteiger partial charge on any atom is 0.128 e. The molecule has 0 aliphatic heterocycles. The quantitative estimate of drug-likeness (QED) is 0.266. The Labute approximate surface area is 198 Å². The number of anilines is 2. The van der Waals surface area contributed by atoms with E-state index in [1.807, 2.05) is 60.7 Å². The molecule has 6 heteroatoms. The molecule has 0 amide bonds. The van der Waals surface area contributed by atoms with Crippen LogP contribution in [0, 0.1) is 0 Å². The molecular weight excluding hydrogens is 441 g/mol. The van der Waals surface area contributed by atoms with Crippen LogP contribution >= 0.6 is 23.2 Å². The molecule has 0 unspecified atom stereocenters. The number of rotatable bonds is 5. The summed E-state index contributed by atoms with van der Waals surface area (Å²) in [5.74, 6) is 0.237. The lowest BCUT2D eigenvalue weighted by Crippen LogP contribution is -2.35. The third kappa shape index (κ3) is 5.16. The number of fused-ring (bicyclic) bond motifs is 1. The van der Waals surface area contributed by atoms with Crippen LogP contribution in [0.1, 0.15) is 26.3 Å². The highest BCUT2D eigenvalue weighted by atomic mass is 35.5. The van der Waals surface area contributed by atoms with Crippen LogP contribution in [0.25, 0.3) is 22.0 Å². The summed E-state index contributed by atoms with van der Waals surface area (Å²) in [6.45, 7) is 6.81. The smallest absolute Gasteiger partial charge is 0.128 e. The van der Waals surface area contributed by atoms with Crippen LogP contribution in [0.2, 0.25) is 10.0 Å². The van der Waals surface area contributed by atoms with Crippen molar-refractivity contribution in [3.05, 3.63) is 82.5 Å². The van der Waals surface area contributed by atoms with Crippen LogP contribution in [-0.4, -0.2) is 15.6 Å². The van der Waals surface area contributed by atoms with Gasteiger partial charge in [0.15, 0.2) is 0 Å². The predicted octanol–water partition coefficient (Wildman–Crippen LogP) is 7.55. The molecular formula is C26H25Cl2N3O. The summed E-state index contributed by atoms with van der Waals surface area (Å²) < 4.78 is 0. The lowest BCUT2D eigenvalue weighted by atomic mass is 9.99. The Morgan fingerprint density at radius 3 is 2.47 bits per heavy atom. The molecule has 0 aliphatic carbocycles. The molecule has 0 saturated heterocycles. The van der Waals surface area contributed by atoms with Crippen LogP contribution < -0.4 is 10.6 Å². The molecule has 0 fully saturated rings. The zero-order valence-corrected chi connectivity index (χ0v) is 19.7. The van der Waals surface area contributed by atoms with Crippen molar-refractivity contribution in [3.63, 3.8) is 0 Å². The third-order valence-electron chi connectivity index (χ3n) is 5.12. The Hall–Kier alpha value is -2.79. The van der Waals surface area contributed by atoms with Crippen molar-refractivity contribution >= 4 is 45.5 Å². The number of benzene rings is 3. The summed E-state index contributed by atoms with van der Waals surface area (Å²) in [7, 11) is 0. The fourth-order valence-electron chi connectivity index (χ4n) is 3.52. The molecule has 4 aromatic rings. The number of hydrogen-bond donors (Lipinski definition) is 3. The van der Waals surface area contributed by atoms with E-state index in [1.54, 1.807) is 6.20 Å². The summed E-state index contributed by atoms with van der Waals surface area (Å²) in [5, 5.41) is 20.3. The van der Waals surface area contributed by atoms with Gasteiger partial charge < -0.3 is 15.7 Å². The number of halogens is 2. The molecule has 1 heterocycles. The monoisotopic (exact) mass is 465 g/mol. The number of aromatic hydroxyl groups is 1. The molecule has 3 N–H and O–H groups in total. The van der Waals surface area contributed by atoms with E-state index in [4.69, 9.17) is 23.2 Å². The predicted molar refractivity (Wildman–Crippen MR) is 135 cm³/mol. The van der Waals surface area contributed by atoms with E-state index in [0.717, 1.165) is 33.4 Å². The Bertz CT molecular complexity index is 1280. The minimum Gasteiger partial charge on any atom is -0.507 e. The molecule has 0 saturated carbocycles. The van der Waals surface area contributed by atoms with E-state index < -0.39 is 0 Å². The van der Waals surface area contributed by atoms with E-state index in [-0.39, 0.29) is 11.3 Å². The zero-order valence-electron chi connectivity index (χ0n) is 18.2. The van der Waals surface area contributed by atoms with Gasteiger partial charge >= 0.3 is 0 Å². The second-order valence-corrected chi connectivity index (χ2v) is 9.66. The minimum atomic E-state index is -0.0906. The topological polar surface area (TPSA) is 57.2 Å². The van der Waals surface area contributed by atoms with Gasteiger partial charge in [0.1, 0.15) is 5.75 Å². The fourth-order valence-corrected chi connectivity index (χ4v) is 3.88. The maximum atomic E-state index is 11.1. The van der Waals surface area contributed by atoms with Crippen molar-refractivity contribution in [2.24, 2.45) is 0 Å². The van der Waals surface area contributed by atoms with E-state index in [9.17, 15) is 5.11 Å². The van der Waals surface area contributed by atoms with Crippen molar-refractivity contribution < 1.29 is 5.11 Å². The highest BCUT2D eigenvalue weighted by Crippen LogP contribution is 2.38. The van der Waals surface area contributed by atoms with Gasteiger partial charge in [0, 0.05) is 56.2 Å². The number of hydrogen-bond acceptors (Lipinski definition) is 4. The molecule has 0 atom stereocenters. The third-order valence-corrected chi connectivity index (χ3v) is 5.59. The first-order chi connectivity index (χ1) is 15.2. The van der Waals surface area contributed by atoms with Gasteiger partial charge in [-0.05, 0) is 74.9 Å². The maximum absolute atomic E-state index is 11.1. The molecule has 0 bridgehead atoms. The fraction of sp³-hybridized carbons (Fsp3) is 0.192. The molecule has 32 heavy (non-hydrogen) atoms. The highest BCUT2D eigenvalue weighted by molar-refractivity contribution is 6.31. The van der Waals surface area contributed by atoms with Crippen molar-refractivity contribution in [2.45, 2.75) is 32.9 Å². The van der Waals surface area contributed by atoms with Crippen LogP contribution in [0.15, 0.2) is 66.9 Å². The van der Waals surface area contributed by atoms with E-state index in [1.165, 1.54) is 0 Å². The summed E-state index contributed by atoms with van der Waals surface area (Å²) in [6, 6.07) is 19.0. The summed E-state index contributed by atoms with van der Waals surface area (Å²) in [5.41, 5.74) is 4.83. The summed E-state index contributed by atoms with van der Waals surface area (Å²) >= 11 is 12.4. The van der Waals surface area contributed by atoms with Gasteiger partial charge in [0.25, 0.3) is 0 Å². The average Bonchev–Trinajstić information content (AvgIpc) is 2.73. The summed E-state index contributed by atoms with van der Waals surface area (Å²) in [4.78, 5) is 4.42. The van der Waals surface area contributed by atoms with Gasteiger partial charge in [-0.25, -0.2) is 0 Å². The SMILES string of the molecule is CC(C)(C)NCc1cc(Nc2ccnc3cc(Cl)ccc23)cc(-c2cccc(Cl)c2)c1O. The Kier molecular flexibility index (Phi) is 6.29. The number of aromatic nitrogens is 1. The largest absolute Gasteiger partial charge is 0.507 e. The first-order valence-electron chi connectivity index (χ1n) is 10.4. The first kappa shape index (κ1) is 22.4. The molecule has 4 nitrogen and oxygen atoms in total. The van der Waals surface area contributed by atoms with Crippen LogP contribution in [0.4, 0.5) is 11.4 Å². The van der Waals surface area contributed by atoms with Crippen molar-refractivity contribution in [2.75, 3.05) is 5.32 Å². The standard InChI is InChI=1S/C26H25Cl2N3O/c1-26(2,3)30-15-17-12-20(14-22(25(17)32)16-5-4-6-18(27)11-16)31-23-9-10-29-24-13-19(28)7-8-21(23)24/h4-14,30,32H,15H2,1-3H3,(H,29,31). The average molecular weight is 466 g/mol. The van der Waals surface area contributed by atoms with Crippen LogP contribution in [0.5, 0.6) is 5.75 Å². The molecule has 1 aromatic heterocycles. The Morgan fingerprint density at radius 1 is 0.938 bits per heavy atom. The second-order valence-electron chi connectivity index (χ2n) is 8.79. The van der Waals surface area contributed by atoms with Crippen LogP contribution in [-0.2, 0) is 6.54 Å². The lowest BCUT2D eigenvalue weighted by molar-refractivity contribution is 0.412. The number of phenols is 1. The van der Waals surface area contributed by atoms with Crippen molar-refractivity contribution in [3.8, 4) is 16.9 Å². The van der Waals surface area contributed by atoms with E-state index in [2.05, 4.69) is 36.4 Å². The van der Waals surface area contributed by atoms with E-state index >= 15 is 0 Å². The van der Waals surface area contributed by atoms with Gasteiger partial charge in [-0.2, -0.15) is 0 Å². The van der Waals surface area contributed by atoms with Gasteiger partial charge in [0.05, 0.1) is 5.52 Å². The van der Waals surface area contributed by atoms with Gasteiger partial charge in [-0.15, -0.1) is 0 Å².